The van der Waals surface area contributed by atoms with Crippen LogP contribution in [-0.2, 0) is 6.42 Å². The number of hydrogen-bond acceptors (Lipinski definition) is 0. The zero-order valence-corrected chi connectivity index (χ0v) is 33.4. The number of allylic oxidation sites excluding steroid dienone is 21. The van der Waals surface area contributed by atoms with Crippen molar-refractivity contribution in [2.75, 3.05) is 0 Å². The molecule has 5 aromatic rings. The highest BCUT2D eigenvalue weighted by atomic mass is 14.3. The van der Waals surface area contributed by atoms with Gasteiger partial charge in [0, 0.05) is 17.8 Å². The van der Waals surface area contributed by atoms with E-state index < -0.39 is 0 Å². The van der Waals surface area contributed by atoms with E-state index in [9.17, 15) is 0 Å². The van der Waals surface area contributed by atoms with Crippen molar-refractivity contribution in [3.63, 3.8) is 0 Å². The fourth-order valence-electron chi connectivity index (χ4n) is 9.96. The van der Waals surface area contributed by atoms with Crippen LogP contribution in [0.5, 0.6) is 0 Å². The van der Waals surface area contributed by atoms with Crippen molar-refractivity contribution in [3.8, 4) is 0 Å². The van der Waals surface area contributed by atoms with Gasteiger partial charge in [0.1, 0.15) is 0 Å². The van der Waals surface area contributed by atoms with E-state index in [2.05, 4.69) is 201 Å². The number of hydrogen-bond donors (Lipinski definition) is 0. The van der Waals surface area contributed by atoms with Crippen molar-refractivity contribution in [3.05, 3.63) is 238 Å². The lowest BCUT2D eigenvalue weighted by molar-refractivity contribution is 0.756. The van der Waals surface area contributed by atoms with Gasteiger partial charge in [-0.15, -0.1) is 0 Å². The molecule has 58 heavy (non-hydrogen) atoms. The van der Waals surface area contributed by atoms with Crippen LogP contribution < -0.4 is 0 Å². The standard InChI is InChI=1S/C58H50/c1-2-40-34-48(42-20-7-3-4-8-21-42)36-49(39-56(40)43-22-11-6-12-23-43)51-27-14-13-26-50(51)47-25-17-24-44(35-47)46-31-33-55-53-29-16-15-28-52(53)54-32-30-45(37-57(54)58(55)38-46)41-18-9-5-10-19-41/h3-4,6-7,9,11-34,36,38-40,45,47H,2,5,8,10,35,37H2,1H3. The second kappa shape index (κ2) is 16.0. The summed E-state index contributed by atoms with van der Waals surface area (Å²) < 4.78 is 0. The molecule has 5 aromatic carbocycles. The van der Waals surface area contributed by atoms with Crippen LogP contribution in [0, 0.1) is 11.8 Å². The predicted molar refractivity (Wildman–Crippen MR) is 250 cm³/mol. The minimum Gasteiger partial charge on any atom is -0.0839 e. The van der Waals surface area contributed by atoms with E-state index in [4.69, 9.17) is 0 Å². The molecule has 0 radical (unpaired) electrons. The molecule has 3 unspecified atom stereocenters. The van der Waals surface area contributed by atoms with Gasteiger partial charge >= 0.3 is 0 Å². The van der Waals surface area contributed by atoms with Gasteiger partial charge in [-0.25, -0.2) is 0 Å². The number of rotatable bonds is 7. The maximum atomic E-state index is 2.52. The Kier molecular flexibility index (Phi) is 9.94. The van der Waals surface area contributed by atoms with E-state index >= 15 is 0 Å². The summed E-state index contributed by atoms with van der Waals surface area (Å²) in [6.45, 7) is 2.32. The Hall–Kier alpha value is -6.24. The van der Waals surface area contributed by atoms with Crippen molar-refractivity contribution in [2.24, 2.45) is 11.8 Å². The first-order valence-corrected chi connectivity index (χ1v) is 21.5. The lowest BCUT2D eigenvalue weighted by atomic mass is 9.78. The first kappa shape index (κ1) is 36.1. The van der Waals surface area contributed by atoms with Crippen LogP contribution in [0.2, 0.25) is 0 Å². The Bertz CT molecular complexity index is 2780. The molecular formula is C58H50. The average Bonchev–Trinajstić information content (AvgIpc) is 3.70. The van der Waals surface area contributed by atoms with Gasteiger partial charge in [-0.05, 0) is 145 Å². The zero-order chi connectivity index (χ0) is 38.8. The molecule has 282 valence electrons. The third-order valence-electron chi connectivity index (χ3n) is 13.0. The van der Waals surface area contributed by atoms with Gasteiger partial charge in [0.05, 0.1) is 0 Å². The normalized spacial score (nSPS) is 21.4. The minimum absolute atomic E-state index is 0.253. The van der Waals surface area contributed by atoms with Crippen molar-refractivity contribution in [1.82, 2.24) is 0 Å². The summed E-state index contributed by atoms with van der Waals surface area (Å²) in [5, 5.41) is 5.47. The summed E-state index contributed by atoms with van der Waals surface area (Å²) in [4.78, 5) is 0. The molecule has 0 fully saturated rings. The SMILES string of the molecule is CCC1C=C(C2=CCC=CC=C2)C=C(c2ccccc2C2C=CC=C(c3ccc4c(c3)c3c(c5ccccc54)C=CC(C4=CCCC=C4)C3)C2)C=C1c1ccccc1. The van der Waals surface area contributed by atoms with Crippen LogP contribution in [0.3, 0.4) is 0 Å². The van der Waals surface area contributed by atoms with Crippen LogP contribution in [0.1, 0.15) is 78.3 Å². The smallest absolute Gasteiger partial charge is 0.00678 e. The van der Waals surface area contributed by atoms with Gasteiger partial charge in [0.25, 0.3) is 0 Å². The number of benzene rings is 5. The molecule has 3 atom stereocenters. The molecule has 0 aromatic heterocycles. The minimum atomic E-state index is 0.253. The predicted octanol–water partition coefficient (Wildman–Crippen LogP) is 15.5. The van der Waals surface area contributed by atoms with E-state index in [-0.39, 0.29) is 5.92 Å². The zero-order valence-electron chi connectivity index (χ0n) is 33.4. The summed E-state index contributed by atoms with van der Waals surface area (Å²) in [5.74, 6) is 0.979. The van der Waals surface area contributed by atoms with Crippen LogP contribution >= 0.6 is 0 Å². The van der Waals surface area contributed by atoms with Crippen molar-refractivity contribution >= 4 is 44.3 Å². The third-order valence-corrected chi connectivity index (χ3v) is 13.0. The molecule has 0 N–H and O–H groups in total. The van der Waals surface area contributed by atoms with Crippen molar-refractivity contribution in [2.45, 2.75) is 51.4 Å². The van der Waals surface area contributed by atoms with E-state index in [1.807, 2.05) is 0 Å². The lowest BCUT2D eigenvalue weighted by Crippen LogP contribution is -2.11. The largest absolute Gasteiger partial charge is 0.0839 e. The van der Waals surface area contributed by atoms with Gasteiger partial charge in [-0.2, -0.15) is 0 Å². The van der Waals surface area contributed by atoms with Crippen LogP contribution in [-0.4, -0.2) is 0 Å². The molecule has 0 aliphatic heterocycles. The highest BCUT2D eigenvalue weighted by molar-refractivity contribution is 6.13. The molecule has 0 spiro atoms. The van der Waals surface area contributed by atoms with Crippen molar-refractivity contribution in [1.29, 1.82) is 0 Å². The third kappa shape index (κ3) is 6.92. The molecule has 0 nitrogen and oxygen atoms in total. The molecule has 5 aliphatic carbocycles. The summed E-state index contributed by atoms with van der Waals surface area (Å²) in [7, 11) is 0. The van der Waals surface area contributed by atoms with Crippen LogP contribution in [0.25, 0.3) is 44.3 Å². The Balaban J connectivity index is 1.04. The molecule has 10 rings (SSSR count). The Labute approximate surface area is 344 Å². The quantitative estimate of drug-likeness (QED) is 0.146. The van der Waals surface area contributed by atoms with Gasteiger partial charge in [0.15, 0.2) is 0 Å². The molecule has 0 saturated carbocycles. The topological polar surface area (TPSA) is 0 Å². The van der Waals surface area contributed by atoms with Gasteiger partial charge in [-0.1, -0.05) is 183 Å². The Morgan fingerprint density at radius 1 is 0.586 bits per heavy atom. The van der Waals surface area contributed by atoms with Gasteiger partial charge < -0.3 is 0 Å². The fourth-order valence-corrected chi connectivity index (χ4v) is 9.96. The van der Waals surface area contributed by atoms with Crippen molar-refractivity contribution < 1.29 is 0 Å². The maximum absolute atomic E-state index is 2.52. The highest BCUT2D eigenvalue weighted by Crippen LogP contribution is 2.44. The summed E-state index contributed by atoms with van der Waals surface area (Å²) >= 11 is 0. The molecule has 0 heterocycles. The molecule has 0 saturated heterocycles. The molecule has 0 amide bonds. The van der Waals surface area contributed by atoms with E-state index in [1.54, 1.807) is 0 Å². The van der Waals surface area contributed by atoms with Crippen LogP contribution in [0.4, 0.5) is 0 Å². The second-order valence-corrected chi connectivity index (χ2v) is 16.4. The number of fused-ring (bicyclic) bond motifs is 6. The van der Waals surface area contributed by atoms with Gasteiger partial charge in [-0.3, -0.25) is 0 Å². The van der Waals surface area contributed by atoms with E-state index in [1.165, 1.54) is 88.4 Å². The van der Waals surface area contributed by atoms with Crippen LogP contribution in [0.15, 0.2) is 205 Å². The summed E-state index contributed by atoms with van der Waals surface area (Å²) in [6.07, 6.45) is 44.1. The molecule has 0 bridgehead atoms. The van der Waals surface area contributed by atoms with Gasteiger partial charge in [0.2, 0.25) is 0 Å². The Morgan fingerprint density at radius 3 is 2.31 bits per heavy atom. The lowest BCUT2D eigenvalue weighted by Gasteiger charge is -2.26. The molecule has 0 heteroatoms. The van der Waals surface area contributed by atoms with E-state index in [0.717, 1.165) is 38.5 Å². The van der Waals surface area contributed by atoms with E-state index in [0.29, 0.717) is 11.8 Å². The summed E-state index contributed by atoms with van der Waals surface area (Å²) in [6, 6.07) is 36.5. The Morgan fingerprint density at radius 2 is 1.43 bits per heavy atom. The second-order valence-electron chi connectivity index (χ2n) is 16.4. The average molecular weight is 747 g/mol. The summed E-state index contributed by atoms with van der Waals surface area (Å²) in [5.41, 5.74) is 16.3. The monoisotopic (exact) mass is 746 g/mol. The fraction of sp³-hybridized carbons (Fsp3) is 0.172. The molecular weight excluding hydrogens is 697 g/mol. The first-order valence-electron chi connectivity index (χ1n) is 21.5. The molecule has 5 aliphatic rings. The first-order chi connectivity index (χ1) is 28.7. The maximum Gasteiger partial charge on any atom is 0.00678 e. The highest BCUT2D eigenvalue weighted by Gasteiger charge is 2.25.